The van der Waals surface area contributed by atoms with Crippen LogP contribution in [0.3, 0.4) is 0 Å². The summed E-state index contributed by atoms with van der Waals surface area (Å²) in [5.74, 6) is -1.09. The molecule has 5 nitrogen and oxygen atoms in total. The number of carboxylic acids is 1. The second kappa shape index (κ2) is 5.45. The second-order valence-electron chi connectivity index (χ2n) is 3.78. The quantitative estimate of drug-likeness (QED) is 0.745. The zero-order valence-corrected chi connectivity index (χ0v) is 9.77. The molecule has 0 aliphatic carbocycles. The zero-order valence-electron chi connectivity index (χ0n) is 9.77. The molecule has 0 fully saturated rings. The average molecular weight is 237 g/mol. The van der Waals surface area contributed by atoms with Gasteiger partial charge in [0, 0.05) is 6.42 Å². The summed E-state index contributed by atoms with van der Waals surface area (Å²) < 4.78 is 5.08. The summed E-state index contributed by atoms with van der Waals surface area (Å²) in [6.45, 7) is 1.87. The normalized spacial score (nSPS) is 11.9. The first-order valence-electron chi connectivity index (χ1n) is 5.12. The van der Waals surface area contributed by atoms with E-state index in [1.165, 1.54) is 7.11 Å². The summed E-state index contributed by atoms with van der Waals surface area (Å²) in [6, 6.07) is 3.92. The number of rotatable bonds is 5. The van der Waals surface area contributed by atoms with Gasteiger partial charge in [-0.25, -0.2) is 0 Å². The molecule has 5 heteroatoms. The SMILES string of the molecule is COc1cc(C)ccc1C(=O)CC(N)C(=O)O. The molecule has 3 N–H and O–H groups in total. The molecule has 1 aromatic carbocycles. The van der Waals surface area contributed by atoms with Crippen molar-refractivity contribution in [2.45, 2.75) is 19.4 Å². The highest BCUT2D eigenvalue weighted by atomic mass is 16.5. The number of aryl methyl sites for hydroxylation is 1. The van der Waals surface area contributed by atoms with Gasteiger partial charge >= 0.3 is 5.97 Å². The fourth-order valence-corrected chi connectivity index (χ4v) is 1.43. The molecule has 0 heterocycles. The molecular formula is C12H15NO4. The predicted molar refractivity (Wildman–Crippen MR) is 62.3 cm³/mol. The van der Waals surface area contributed by atoms with Crippen molar-refractivity contribution in [3.8, 4) is 5.75 Å². The summed E-state index contributed by atoms with van der Waals surface area (Å²) in [6.07, 6.45) is -0.241. The van der Waals surface area contributed by atoms with Gasteiger partial charge in [0.25, 0.3) is 0 Å². The van der Waals surface area contributed by atoms with Gasteiger partial charge in [-0.2, -0.15) is 0 Å². The maximum Gasteiger partial charge on any atom is 0.320 e. The molecule has 0 amide bonds. The van der Waals surface area contributed by atoms with Crippen LogP contribution >= 0.6 is 0 Å². The van der Waals surface area contributed by atoms with E-state index in [0.717, 1.165) is 5.56 Å². The highest BCUT2D eigenvalue weighted by Gasteiger charge is 2.19. The fraction of sp³-hybridized carbons (Fsp3) is 0.333. The van der Waals surface area contributed by atoms with Crippen LogP contribution in [0.25, 0.3) is 0 Å². The Balaban J connectivity index is 2.92. The molecule has 17 heavy (non-hydrogen) atoms. The van der Waals surface area contributed by atoms with Crippen LogP contribution in [0.2, 0.25) is 0 Å². The van der Waals surface area contributed by atoms with Crippen LogP contribution in [0.4, 0.5) is 0 Å². The highest BCUT2D eigenvalue weighted by molar-refractivity contribution is 6.00. The van der Waals surface area contributed by atoms with Crippen molar-refractivity contribution in [2.75, 3.05) is 7.11 Å². The minimum Gasteiger partial charge on any atom is -0.496 e. The molecule has 0 aliphatic heterocycles. The molecule has 0 bridgehead atoms. The van der Waals surface area contributed by atoms with Crippen LogP contribution in [0.5, 0.6) is 5.75 Å². The van der Waals surface area contributed by atoms with Crippen LogP contribution < -0.4 is 10.5 Å². The Morgan fingerprint density at radius 1 is 1.47 bits per heavy atom. The number of aliphatic carboxylic acids is 1. The summed E-state index contributed by atoms with van der Waals surface area (Å²) in [5.41, 5.74) is 6.63. The molecule has 0 aromatic heterocycles. The smallest absolute Gasteiger partial charge is 0.320 e. The number of hydrogen-bond donors (Lipinski definition) is 2. The number of carbonyl (C=O) groups is 2. The fourth-order valence-electron chi connectivity index (χ4n) is 1.43. The van der Waals surface area contributed by atoms with E-state index >= 15 is 0 Å². The minimum absolute atomic E-state index is 0.241. The first-order chi connectivity index (χ1) is 7.95. The Morgan fingerprint density at radius 2 is 2.12 bits per heavy atom. The van der Waals surface area contributed by atoms with E-state index in [4.69, 9.17) is 15.6 Å². The number of carboxylic acid groups (broad SMARTS) is 1. The van der Waals surface area contributed by atoms with Crippen molar-refractivity contribution in [3.63, 3.8) is 0 Å². The third kappa shape index (κ3) is 3.29. The lowest BCUT2D eigenvalue weighted by molar-refractivity contribution is -0.138. The molecular weight excluding hydrogens is 222 g/mol. The molecule has 1 atom stereocenters. The Morgan fingerprint density at radius 3 is 2.65 bits per heavy atom. The van der Waals surface area contributed by atoms with Crippen molar-refractivity contribution in [3.05, 3.63) is 29.3 Å². The van der Waals surface area contributed by atoms with Crippen molar-refractivity contribution < 1.29 is 19.4 Å². The standard InChI is InChI=1S/C12H15NO4/c1-7-3-4-8(11(5-7)17-2)10(14)6-9(13)12(15)16/h3-5,9H,6,13H2,1-2H3,(H,15,16). The summed E-state index contributed by atoms with van der Waals surface area (Å²) in [5, 5.41) is 8.64. The maximum atomic E-state index is 11.8. The number of ether oxygens (including phenoxy) is 1. The first kappa shape index (κ1) is 13.2. The van der Waals surface area contributed by atoms with Gasteiger partial charge in [-0.05, 0) is 24.6 Å². The van der Waals surface area contributed by atoms with Gasteiger partial charge in [0.05, 0.1) is 12.7 Å². The third-order valence-corrected chi connectivity index (χ3v) is 2.38. The first-order valence-corrected chi connectivity index (χ1v) is 5.12. The van der Waals surface area contributed by atoms with Gasteiger partial charge in [-0.3, -0.25) is 9.59 Å². The molecule has 0 saturated heterocycles. The molecule has 0 radical (unpaired) electrons. The number of ketones is 1. The lowest BCUT2D eigenvalue weighted by atomic mass is 10.0. The lowest BCUT2D eigenvalue weighted by Crippen LogP contribution is -2.32. The molecule has 0 aliphatic rings. The van der Waals surface area contributed by atoms with E-state index in [2.05, 4.69) is 0 Å². The Labute approximate surface area is 99.2 Å². The summed E-state index contributed by atoms with van der Waals surface area (Å²) in [7, 11) is 1.46. The molecule has 92 valence electrons. The van der Waals surface area contributed by atoms with E-state index in [1.807, 2.05) is 6.92 Å². The number of benzene rings is 1. The molecule has 0 saturated carbocycles. The Bertz CT molecular complexity index is 442. The van der Waals surface area contributed by atoms with Gasteiger partial charge in [-0.15, -0.1) is 0 Å². The zero-order chi connectivity index (χ0) is 13.0. The van der Waals surface area contributed by atoms with E-state index in [0.29, 0.717) is 11.3 Å². The monoisotopic (exact) mass is 237 g/mol. The third-order valence-electron chi connectivity index (χ3n) is 2.38. The van der Waals surface area contributed by atoms with Crippen LogP contribution in [0.15, 0.2) is 18.2 Å². The van der Waals surface area contributed by atoms with E-state index in [9.17, 15) is 9.59 Å². The van der Waals surface area contributed by atoms with E-state index in [1.54, 1.807) is 18.2 Å². The minimum atomic E-state index is -1.19. The van der Waals surface area contributed by atoms with Crippen LogP contribution in [-0.4, -0.2) is 30.0 Å². The van der Waals surface area contributed by atoms with Crippen LogP contribution in [-0.2, 0) is 4.79 Å². The van der Waals surface area contributed by atoms with Gasteiger partial charge in [0.15, 0.2) is 5.78 Å². The molecule has 1 unspecified atom stereocenters. The number of Topliss-reactive ketones (excluding diaryl/α,β-unsaturated/α-hetero) is 1. The van der Waals surface area contributed by atoms with Crippen LogP contribution in [0, 0.1) is 6.92 Å². The lowest BCUT2D eigenvalue weighted by Gasteiger charge is -2.10. The summed E-state index contributed by atoms with van der Waals surface area (Å²) in [4.78, 5) is 22.4. The van der Waals surface area contributed by atoms with Crippen LogP contribution in [0.1, 0.15) is 22.3 Å². The highest BCUT2D eigenvalue weighted by Crippen LogP contribution is 2.21. The van der Waals surface area contributed by atoms with Crippen molar-refractivity contribution in [1.82, 2.24) is 0 Å². The molecule has 1 aromatic rings. The average Bonchev–Trinajstić information content (AvgIpc) is 2.28. The Hall–Kier alpha value is -1.88. The van der Waals surface area contributed by atoms with E-state index < -0.39 is 12.0 Å². The van der Waals surface area contributed by atoms with Crippen molar-refractivity contribution in [1.29, 1.82) is 0 Å². The van der Waals surface area contributed by atoms with Crippen molar-refractivity contribution >= 4 is 11.8 Å². The topological polar surface area (TPSA) is 89.6 Å². The molecule has 1 rings (SSSR count). The maximum absolute atomic E-state index is 11.8. The second-order valence-corrected chi connectivity index (χ2v) is 3.78. The van der Waals surface area contributed by atoms with E-state index in [-0.39, 0.29) is 12.2 Å². The largest absolute Gasteiger partial charge is 0.496 e. The van der Waals surface area contributed by atoms with Gasteiger partial charge in [0.1, 0.15) is 11.8 Å². The summed E-state index contributed by atoms with van der Waals surface area (Å²) >= 11 is 0. The Kier molecular flexibility index (Phi) is 4.23. The number of methoxy groups -OCH3 is 1. The van der Waals surface area contributed by atoms with Gasteiger partial charge in [-0.1, -0.05) is 6.07 Å². The molecule has 0 spiro atoms. The number of nitrogens with two attached hydrogens (primary N) is 1. The van der Waals surface area contributed by atoms with Gasteiger partial charge < -0.3 is 15.6 Å². The predicted octanol–water partition coefficient (Wildman–Crippen LogP) is 0.988. The van der Waals surface area contributed by atoms with Crippen molar-refractivity contribution in [2.24, 2.45) is 5.73 Å². The number of hydrogen-bond acceptors (Lipinski definition) is 4. The van der Waals surface area contributed by atoms with Gasteiger partial charge in [0.2, 0.25) is 0 Å². The number of carbonyl (C=O) groups excluding carboxylic acids is 1.